The molecule has 0 aromatic heterocycles. The number of hydrogen-bond acceptors (Lipinski definition) is 5. The first-order chi connectivity index (χ1) is 11.6. The number of nitrogens with one attached hydrogen (secondary N) is 1. The predicted molar refractivity (Wildman–Crippen MR) is 91.4 cm³/mol. The number of benzene rings is 2. The van der Waals surface area contributed by atoms with Crippen molar-refractivity contribution in [3.63, 3.8) is 0 Å². The first kappa shape index (κ1) is 18.1. The Balaban J connectivity index is 2.45. The van der Waals surface area contributed by atoms with E-state index in [9.17, 15) is 25.0 Å². The molecule has 0 unspecified atom stereocenters. The normalized spacial score (nSPS) is 11.0. The van der Waals surface area contributed by atoms with Gasteiger partial charge in [-0.15, -0.1) is 0 Å². The van der Waals surface area contributed by atoms with Crippen LogP contribution in [0.2, 0.25) is 0 Å². The minimum Gasteiger partial charge on any atom is -0.343 e. The van der Waals surface area contributed by atoms with Gasteiger partial charge in [0.25, 0.3) is 17.3 Å². The molecule has 2 aromatic rings. The van der Waals surface area contributed by atoms with Crippen LogP contribution in [-0.2, 0) is 5.54 Å². The third-order valence-electron chi connectivity index (χ3n) is 3.94. The van der Waals surface area contributed by atoms with Crippen LogP contribution in [0.25, 0.3) is 0 Å². The maximum atomic E-state index is 12.6. The molecule has 1 N–H and O–H groups in total. The van der Waals surface area contributed by atoms with Crippen molar-refractivity contribution in [1.29, 1.82) is 0 Å². The fraction of sp³-hybridized carbons (Fsp3) is 0.235. The molecule has 8 nitrogen and oxygen atoms in total. The van der Waals surface area contributed by atoms with Gasteiger partial charge in [0.1, 0.15) is 0 Å². The largest absolute Gasteiger partial charge is 0.343 e. The summed E-state index contributed by atoms with van der Waals surface area (Å²) in [5, 5.41) is 24.9. The highest BCUT2D eigenvalue weighted by atomic mass is 16.6. The lowest BCUT2D eigenvalue weighted by Crippen LogP contribution is -2.41. The second kappa shape index (κ2) is 6.68. The summed E-state index contributed by atoms with van der Waals surface area (Å²) in [5.41, 5.74) is -0.899. The fourth-order valence-electron chi connectivity index (χ4n) is 2.49. The van der Waals surface area contributed by atoms with E-state index in [1.54, 1.807) is 13.8 Å². The quantitative estimate of drug-likeness (QED) is 0.659. The predicted octanol–water partition coefficient (Wildman–Crippen LogP) is 3.48. The Morgan fingerprint density at radius 2 is 1.64 bits per heavy atom. The number of nitrogens with zero attached hydrogens (tertiary/aromatic N) is 2. The molecule has 0 saturated heterocycles. The summed E-state index contributed by atoms with van der Waals surface area (Å²) in [6, 6.07) is 11.1. The van der Waals surface area contributed by atoms with Gasteiger partial charge in [0.05, 0.1) is 27.0 Å². The summed E-state index contributed by atoms with van der Waals surface area (Å²) < 4.78 is 0. The van der Waals surface area contributed by atoms with Gasteiger partial charge in [-0.2, -0.15) is 0 Å². The third-order valence-corrected chi connectivity index (χ3v) is 3.94. The number of carbonyl (C=O) groups is 1. The van der Waals surface area contributed by atoms with Crippen LogP contribution in [-0.4, -0.2) is 15.8 Å². The lowest BCUT2D eigenvalue weighted by Gasteiger charge is -2.27. The molecule has 0 fully saturated rings. The van der Waals surface area contributed by atoms with E-state index in [0.717, 1.165) is 17.7 Å². The molecule has 0 aliphatic heterocycles. The van der Waals surface area contributed by atoms with Gasteiger partial charge >= 0.3 is 0 Å². The Hall–Kier alpha value is -3.29. The lowest BCUT2D eigenvalue weighted by atomic mass is 9.93. The van der Waals surface area contributed by atoms with Crippen molar-refractivity contribution in [1.82, 2.24) is 5.32 Å². The SMILES string of the molecule is Cc1c(C(=O)NC(C)(C)c2ccccc2)cc([N+](=O)[O-])cc1[N+](=O)[O-]. The van der Waals surface area contributed by atoms with Crippen LogP contribution in [0.1, 0.15) is 35.3 Å². The summed E-state index contributed by atoms with van der Waals surface area (Å²) in [5.74, 6) is -0.613. The lowest BCUT2D eigenvalue weighted by molar-refractivity contribution is -0.394. The van der Waals surface area contributed by atoms with Crippen LogP contribution >= 0.6 is 0 Å². The van der Waals surface area contributed by atoms with E-state index in [1.165, 1.54) is 6.92 Å². The van der Waals surface area contributed by atoms with Crippen molar-refractivity contribution in [2.45, 2.75) is 26.3 Å². The van der Waals surface area contributed by atoms with Crippen LogP contribution in [0.15, 0.2) is 42.5 Å². The van der Waals surface area contributed by atoms with Crippen LogP contribution in [0.4, 0.5) is 11.4 Å². The van der Waals surface area contributed by atoms with Gasteiger partial charge in [-0.3, -0.25) is 25.0 Å². The number of rotatable bonds is 5. The van der Waals surface area contributed by atoms with Crippen molar-refractivity contribution < 1.29 is 14.6 Å². The molecule has 0 bridgehead atoms. The minimum absolute atomic E-state index is 0.0805. The van der Waals surface area contributed by atoms with E-state index in [2.05, 4.69) is 5.32 Å². The molecule has 130 valence electrons. The van der Waals surface area contributed by atoms with E-state index in [4.69, 9.17) is 0 Å². The second-order valence-corrected chi connectivity index (χ2v) is 6.10. The van der Waals surface area contributed by atoms with Gasteiger partial charge in [0.15, 0.2) is 0 Å². The van der Waals surface area contributed by atoms with E-state index in [0.29, 0.717) is 0 Å². The zero-order chi connectivity index (χ0) is 18.8. The molecule has 0 aliphatic rings. The standard InChI is InChI=1S/C17H17N3O5/c1-11-14(9-13(19(22)23)10-15(11)20(24)25)16(21)18-17(2,3)12-7-5-4-6-8-12/h4-10H,1-3H3,(H,18,21). The van der Waals surface area contributed by atoms with Gasteiger partial charge in [-0.05, 0) is 26.3 Å². The Labute approximate surface area is 143 Å². The maximum Gasteiger partial charge on any atom is 0.279 e. The summed E-state index contributed by atoms with van der Waals surface area (Å²) >= 11 is 0. The molecule has 0 spiro atoms. The van der Waals surface area contributed by atoms with Gasteiger partial charge < -0.3 is 5.32 Å². The number of amides is 1. The number of nitro groups is 2. The van der Waals surface area contributed by atoms with E-state index < -0.39 is 32.7 Å². The molecule has 1 amide bonds. The Kier molecular flexibility index (Phi) is 4.82. The smallest absolute Gasteiger partial charge is 0.279 e. The van der Waals surface area contributed by atoms with Crippen LogP contribution in [0.3, 0.4) is 0 Å². The summed E-state index contributed by atoms with van der Waals surface area (Å²) in [4.78, 5) is 33.3. The van der Waals surface area contributed by atoms with Crippen molar-refractivity contribution in [3.8, 4) is 0 Å². The summed E-state index contributed by atoms with van der Waals surface area (Å²) in [7, 11) is 0. The Morgan fingerprint density at radius 3 is 2.16 bits per heavy atom. The Bertz CT molecular complexity index is 847. The third kappa shape index (κ3) is 3.79. The molecular formula is C17H17N3O5. The molecule has 2 rings (SSSR count). The van der Waals surface area contributed by atoms with Gasteiger partial charge in [-0.1, -0.05) is 30.3 Å². The average Bonchev–Trinajstić information content (AvgIpc) is 2.54. The highest BCUT2D eigenvalue weighted by Gasteiger charge is 2.28. The second-order valence-electron chi connectivity index (χ2n) is 6.10. The first-order valence-electron chi connectivity index (χ1n) is 7.45. The van der Waals surface area contributed by atoms with Crippen LogP contribution < -0.4 is 5.32 Å². The number of non-ortho nitro benzene ring substituents is 1. The maximum absolute atomic E-state index is 12.6. The molecule has 0 radical (unpaired) electrons. The molecule has 25 heavy (non-hydrogen) atoms. The zero-order valence-corrected chi connectivity index (χ0v) is 14.0. The van der Waals surface area contributed by atoms with Crippen molar-refractivity contribution in [3.05, 3.63) is 79.4 Å². The summed E-state index contributed by atoms with van der Waals surface area (Å²) in [6.45, 7) is 4.95. The van der Waals surface area contributed by atoms with Crippen molar-refractivity contribution >= 4 is 17.3 Å². The average molecular weight is 343 g/mol. The zero-order valence-electron chi connectivity index (χ0n) is 14.0. The van der Waals surface area contributed by atoms with Gasteiger partial charge in [-0.25, -0.2) is 0 Å². The van der Waals surface area contributed by atoms with Crippen LogP contribution in [0, 0.1) is 27.2 Å². The molecule has 0 saturated carbocycles. The molecule has 0 aliphatic carbocycles. The highest BCUT2D eigenvalue weighted by molar-refractivity contribution is 5.98. The van der Waals surface area contributed by atoms with Gasteiger partial charge in [0.2, 0.25) is 0 Å². The molecule has 8 heteroatoms. The molecule has 0 heterocycles. The monoisotopic (exact) mass is 343 g/mol. The highest BCUT2D eigenvalue weighted by Crippen LogP contribution is 2.29. The first-order valence-corrected chi connectivity index (χ1v) is 7.45. The number of carbonyl (C=O) groups excluding carboxylic acids is 1. The summed E-state index contributed by atoms with van der Waals surface area (Å²) in [6.07, 6.45) is 0. The number of nitro benzene ring substituents is 2. The van der Waals surface area contributed by atoms with E-state index in [1.807, 2.05) is 30.3 Å². The molecule has 0 atom stereocenters. The number of hydrogen-bond donors (Lipinski definition) is 1. The molecule has 2 aromatic carbocycles. The van der Waals surface area contributed by atoms with Crippen molar-refractivity contribution in [2.24, 2.45) is 0 Å². The van der Waals surface area contributed by atoms with E-state index >= 15 is 0 Å². The topological polar surface area (TPSA) is 115 Å². The Morgan fingerprint density at radius 1 is 1.04 bits per heavy atom. The fourth-order valence-corrected chi connectivity index (χ4v) is 2.49. The van der Waals surface area contributed by atoms with Crippen molar-refractivity contribution in [2.75, 3.05) is 0 Å². The minimum atomic E-state index is -0.760. The van der Waals surface area contributed by atoms with E-state index in [-0.39, 0.29) is 11.1 Å². The molecular weight excluding hydrogens is 326 g/mol. The van der Waals surface area contributed by atoms with Gasteiger partial charge in [0, 0.05) is 11.6 Å². The van der Waals surface area contributed by atoms with Crippen LogP contribution in [0.5, 0.6) is 0 Å².